The summed E-state index contributed by atoms with van der Waals surface area (Å²) >= 11 is 0. The standard InChI is InChI=1S/C36H43F2N8O4/c1-3-9-33(47)45-35(48)44(28-21-36(50-22-28,23-42-25-40-24-41-42)29-15-14-27(37)20-30(29)38)34(26-10-5-4-6-11-26)46(45,43-18-16-39-17-19-43)31-12-7-8-13-32(31)49-2/h4-8,10-15,20,24-25,28,33-34,39,47H,3,9,16-19,21-23H2,1-2H3/q+1. The van der Waals surface area contributed by atoms with E-state index in [1.54, 1.807) is 21.7 Å². The summed E-state index contributed by atoms with van der Waals surface area (Å²) in [5.74, 6) is -0.893. The highest BCUT2D eigenvalue weighted by Gasteiger charge is 2.69. The van der Waals surface area contributed by atoms with Gasteiger partial charge in [0.25, 0.3) is 0 Å². The second kappa shape index (κ2) is 14.0. The third kappa shape index (κ3) is 5.70. The van der Waals surface area contributed by atoms with E-state index in [2.05, 4.69) is 20.4 Å². The number of rotatable bonds is 11. The summed E-state index contributed by atoms with van der Waals surface area (Å²) in [6.45, 7) is 4.56. The zero-order chi connectivity index (χ0) is 34.9. The summed E-state index contributed by atoms with van der Waals surface area (Å²) < 4.78 is 43.9. The lowest BCUT2D eigenvalue weighted by Crippen LogP contribution is -2.73. The number of aliphatic hydroxyl groups is 1. The van der Waals surface area contributed by atoms with E-state index < -0.39 is 41.7 Å². The van der Waals surface area contributed by atoms with Crippen LogP contribution in [0.4, 0.5) is 19.3 Å². The molecule has 0 aliphatic carbocycles. The molecule has 4 heterocycles. The molecule has 2 amide bonds. The number of hydrogen-bond acceptors (Lipinski definition) is 8. The molecule has 3 saturated heterocycles. The maximum absolute atomic E-state index is 15.7. The predicted molar refractivity (Wildman–Crippen MR) is 181 cm³/mol. The Morgan fingerprint density at radius 1 is 1.10 bits per heavy atom. The van der Waals surface area contributed by atoms with Gasteiger partial charge in [-0.05, 0) is 18.6 Å². The van der Waals surface area contributed by atoms with E-state index in [1.807, 2.05) is 61.5 Å². The van der Waals surface area contributed by atoms with Gasteiger partial charge in [-0.2, -0.15) is 5.10 Å². The average Bonchev–Trinajstić information content (AvgIpc) is 3.86. The molecular formula is C36H43F2N8O4+. The van der Waals surface area contributed by atoms with Crippen LogP contribution in [0.15, 0.2) is 85.5 Å². The van der Waals surface area contributed by atoms with Crippen LogP contribution >= 0.6 is 0 Å². The minimum absolute atomic E-state index is 0.0474. The Balaban J connectivity index is 1.45. The largest absolute Gasteiger partial charge is 0.491 e. The minimum atomic E-state index is -1.32. The minimum Gasteiger partial charge on any atom is -0.491 e. The summed E-state index contributed by atoms with van der Waals surface area (Å²) in [7, 11) is 1.60. The number of piperazine rings is 1. The fraction of sp³-hybridized carbons (Fsp3) is 0.417. The number of methoxy groups -OCH3 is 1. The number of carbonyl (C=O) groups excluding carboxylic acids is 1. The topological polar surface area (TPSA) is 108 Å². The van der Waals surface area contributed by atoms with Crippen molar-refractivity contribution in [3.8, 4) is 5.75 Å². The van der Waals surface area contributed by atoms with Crippen molar-refractivity contribution in [2.75, 3.05) is 39.9 Å². The van der Waals surface area contributed by atoms with Crippen LogP contribution in [0.1, 0.15) is 43.5 Å². The molecule has 0 radical (unpaired) electrons. The van der Waals surface area contributed by atoms with Crippen LogP contribution in [-0.4, -0.2) is 93.0 Å². The molecular weight excluding hydrogens is 646 g/mol. The molecule has 5 atom stereocenters. The summed E-state index contributed by atoms with van der Waals surface area (Å²) in [5, 5.41) is 23.6. The Labute approximate surface area is 290 Å². The molecule has 3 aliphatic rings. The highest BCUT2D eigenvalue weighted by Crippen LogP contribution is 2.54. The average molecular weight is 690 g/mol. The summed E-state index contributed by atoms with van der Waals surface area (Å²) in [5.41, 5.74) is 0.366. The Morgan fingerprint density at radius 2 is 1.86 bits per heavy atom. The third-order valence-electron chi connectivity index (χ3n) is 10.1. The summed E-state index contributed by atoms with van der Waals surface area (Å²) in [6, 6.07) is 19.9. The SMILES string of the molecule is CCCC(O)N1C(=O)N(C2COC(Cn3cncn3)(c3ccc(F)cc3F)C2)C(c2ccccc2)[N+]1(c1ccccc1OC)N1CCNCC1. The van der Waals surface area contributed by atoms with Crippen molar-refractivity contribution in [3.63, 3.8) is 0 Å². The number of aromatic nitrogens is 3. The molecule has 3 aliphatic heterocycles. The van der Waals surface area contributed by atoms with Gasteiger partial charge in [0.15, 0.2) is 12.0 Å². The number of nitrogens with one attached hydrogen (secondary N) is 1. The van der Waals surface area contributed by atoms with E-state index in [0.29, 0.717) is 50.5 Å². The van der Waals surface area contributed by atoms with E-state index in [-0.39, 0.29) is 29.8 Å². The number of benzene rings is 3. The van der Waals surface area contributed by atoms with Crippen molar-refractivity contribution in [2.24, 2.45) is 0 Å². The van der Waals surface area contributed by atoms with E-state index in [1.165, 1.54) is 24.8 Å². The number of urea groups is 1. The number of amides is 2. The van der Waals surface area contributed by atoms with Crippen molar-refractivity contribution < 1.29 is 28.2 Å². The fourth-order valence-electron chi connectivity index (χ4n) is 8.01. The van der Waals surface area contributed by atoms with Gasteiger partial charge >= 0.3 is 6.03 Å². The first-order chi connectivity index (χ1) is 24.3. The maximum atomic E-state index is 15.7. The van der Waals surface area contributed by atoms with Crippen LogP contribution < -0.4 is 14.8 Å². The maximum Gasteiger partial charge on any atom is 0.374 e. The second-order valence-corrected chi connectivity index (χ2v) is 13.0. The molecule has 2 N–H and O–H groups in total. The van der Waals surface area contributed by atoms with Gasteiger partial charge in [-0.1, -0.05) is 66.6 Å². The molecule has 1 aromatic heterocycles. The Morgan fingerprint density at radius 3 is 2.56 bits per heavy atom. The Bertz CT molecular complexity index is 1780. The van der Waals surface area contributed by atoms with Crippen LogP contribution in [0.5, 0.6) is 5.75 Å². The third-order valence-corrected chi connectivity index (χ3v) is 10.1. The van der Waals surface area contributed by atoms with E-state index in [9.17, 15) is 9.50 Å². The molecule has 14 heteroatoms. The summed E-state index contributed by atoms with van der Waals surface area (Å²) in [6.07, 6.45) is 2.14. The number of para-hydroxylation sites is 2. The smallest absolute Gasteiger partial charge is 0.374 e. The number of quaternary nitrogens is 1. The zero-order valence-electron chi connectivity index (χ0n) is 28.2. The van der Waals surface area contributed by atoms with Crippen LogP contribution in [0.3, 0.4) is 0 Å². The first-order valence-corrected chi connectivity index (χ1v) is 17.1. The molecule has 3 fully saturated rings. The zero-order valence-corrected chi connectivity index (χ0v) is 28.2. The van der Waals surface area contributed by atoms with E-state index in [4.69, 9.17) is 9.47 Å². The van der Waals surface area contributed by atoms with Gasteiger partial charge in [-0.3, -0.25) is 4.90 Å². The van der Waals surface area contributed by atoms with Gasteiger partial charge in [0.2, 0.25) is 11.9 Å². The molecule has 50 heavy (non-hydrogen) atoms. The predicted octanol–water partition coefficient (Wildman–Crippen LogP) is 4.55. The van der Waals surface area contributed by atoms with Gasteiger partial charge in [0.05, 0.1) is 39.4 Å². The monoisotopic (exact) mass is 689 g/mol. The van der Waals surface area contributed by atoms with Gasteiger partial charge in [-0.25, -0.2) is 23.2 Å². The lowest BCUT2D eigenvalue weighted by atomic mass is 9.88. The van der Waals surface area contributed by atoms with E-state index >= 15 is 9.18 Å². The molecule has 0 bridgehead atoms. The first-order valence-electron chi connectivity index (χ1n) is 17.1. The van der Waals surface area contributed by atoms with Gasteiger partial charge in [0.1, 0.15) is 29.9 Å². The van der Waals surface area contributed by atoms with Crippen LogP contribution in [0, 0.1) is 11.6 Å². The number of halogens is 2. The van der Waals surface area contributed by atoms with Gasteiger partial charge in [0, 0.05) is 42.8 Å². The highest BCUT2D eigenvalue weighted by molar-refractivity contribution is 5.81. The second-order valence-electron chi connectivity index (χ2n) is 13.0. The first kappa shape index (κ1) is 34.0. The van der Waals surface area contributed by atoms with Crippen molar-refractivity contribution in [3.05, 3.63) is 108 Å². The molecule has 0 saturated carbocycles. The van der Waals surface area contributed by atoms with Crippen LogP contribution in [-0.2, 0) is 16.9 Å². The molecule has 3 aromatic carbocycles. The number of aliphatic hydroxyl groups excluding tert-OH is 1. The molecule has 7 rings (SSSR count). The van der Waals surface area contributed by atoms with Crippen LogP contribution in [0.25, 0.3) is 0 Å². The quantitative estimate of drug-likeness (QED) is 0.221. The lowest BCUT2D eigenvalue weighted by Gasteiger charge is -2.50. The van der Waals surface area contributed by atoms with E-state index in [0.717, 1.165) is 11.6 Å². The van der Waals surface area contributed by atoms with Crippen molar-refractivity contribution in [1.29, 1.82) is 0 Å². The lowest BCUT2D eigenvalue weighted by molar-refractivity contribution is -0.214. The molecule has 12 nitrogen and oxygen atoms in total. The van der Waals surface area contributed by atoms with Crippen molar-refractivity contribution in [1.82, 2.24) is 39.7 Å². The number of ether oxygens (including phenoxy) is 2. The molecule has 5 unspecified atom stereocenters. The summed E-state index contributed by atoms with van der Waals surface area (Å²) in [4.78, 5) is 21.3. The number of nitrogens with zero attached hydrogens (tertiary/aromatic N) is 7. The van der Waals surface area contributed by atoms with Gasteiger partial charge in [-0.15, -0.1) is 10.0 Å². The van der Waals surface area contributed by atoms with Gasteiger partial charge < -0.3 is 19.9 Å². The number of carbonyl (C=O) groups is 1. The van der Waals surface area contributed by atoms with Crippen LogP contribution in [0.2, 0.25) is 0 Å². The van der Waals surface area contributed by atoms with Crippen molar-refractivity contribution in [2.45, 2.75) is 56.8 Å². The number of hydrogen-bond donors (Lipinski definition) is 2. The molecule has 0 spiro atoms. The Kier molecular flexibility index (Phi) is 9.55. The molecule has 4 aromatic rings. The fourth-order valence-corrected chi connectivity index (χ4v) is 8.01. The highest BCUT2D eigenvalue weighted by atomic mass is 19.1. The Hall–Kier alpha value is -4.47. The normalized spacial score (nSPS) is 26.5. The molecule has 264 valence electrons. The van der Waals surface area contributed by atoms with Crippen molar-refractivity contribution >= 4 is 11.7 Å².